The highest BCUT2D eigenvalue weighted by atomic mass is 127. The van der Waals surface area contributed by atoms with E-state index >= 15 is 0 Å². The molecule has 0 unspecified atom stereocenters. The minimum absolute atomic E-state index is 0. The maximum absolute atomic E-state index is 2.38. The molecule has 0 N–H and O–H groups in total. The van der Waals surface area contributed by atoms with E-state index in [4.69, 9.17) is 0 Å². The number of hydrogen-bond donors (Lipinski definition) is 0. The van der Waals surface area contributed by atoms with Crippen molar-refractivity contribution in [3.05, 3.63) is 72.3 Å². The van der Waals surface area contributed by atoms with Gasteiger partial charge in [0, 0.05) is 23.1 Å². The van der Waals surface area contributed by atoms with E-state index < -0.39 is 0 Å². The highest BCUT2D eigenvalue weighted by molar-refractivity contribution is 7.98. The Kier molecular flexibility index (Phi) is 5.43. The van der Waals surface area contributed by atoms with Crippen LogP contribution in [0.4, 0.5) is 0 Å². The number of rotatable bonds is 3. The van der Waals surface area contributed by atoms with Crippen LogP contribution in [-0.2, 0) is 6.54 Å². The van der Waals surface area contributed by atoms with Crippen molar-refractivity contribution in [3.8, 4) is 0 Å². The lowest BCUT2D eigenvalue weighted by Gasteiger charge is -2.05. The number of fused-ring (bicyclic) bond motifs is 1. The first-order chi connectivity index (χ1) is 9.38. The summed E-state index contributed by atoms with van der Waals surface area (Å²) in [6.45, 7) is 0.915. The number of thioether (sulfide) groups is 1. The average Bonchev–Trinajstić information content (AvgIpc) is 2.49. The van der Waals surface area contributed by atoms with Crippen molar-refractivity contribution in [2.24, 2.45) is 0 Å². The van der Waals surface area contributed by atoms with Gasteiger partial charge < -0.3 is 24.0 Å². The normalized spacial score (nSPS) is 10.2. The van der Waals surface area contributed by atoms with Crippen LogP contribution in [0.15, 0.2) is 71.8 Å². The van der Waals surface area contributed by atoms with Crippen LogP contribution >= 0.6 is 11.8 Å². The van der Waals surface area contributed by atoms with Crippen molar-refractivity contribution >= 4 is 22.7 Å². The van der Waals surface area contributed by atoms with Crippen LogP contribution in [0.5, 0.6) is 0 Å². The lowest BCUT2D eigenvalue weighted by atomic mass is 10.2. The highest BCUT2D eigenvalue weighted by Crippen LogP contribution is 2.17. The fourth-order valence-electron chi connectivity index (χ4n) is 2.35. The van der Waals surface area contributed by atoms with Gasteiger partial charge in [-0.05, 0) is 18.4 Å². The Hall–Kier alpha value is -1.07. The fraction of sp³-hybridized carbons (Fsp3) is 0.118. The molecule has 0 bridgehead atoms. The first kappa shape index (κ1) is 15.3. The van der Waals surface area contributed by atoms with E-state index in [-0.39, 0.29) is 24.0 Å². The molecule has 0 aliphatic heterocycles. The summed E-state index contributed by atoms with van der Waals surface area (Å²) in [5.74, 6) is 0. The Balaban J connectivity index is 0.00000147. The number of pyridine rings is 1. The predicted molar refractivity (Wildman–Crippen MR) is 81.5 cm³/mol. The zero-order valence-corrected chi connectivity index (χ0v) is 14.3. The molecule has 1 aromatic heterocycles. The Bertz CT molecular complexity index is 698. The van der Waals surface area contributed by atoms with Crippen molar-refractivity contribution in [2.45, 2.75) is 11.6 Å². The van der Waals surface area contributed by atoms with Crippen LogP contribution in [0.1, 0.15) is 5.56 Å². The molecular weight excluding hydrogens is 377 g/mol. The SMILES string of the molecule is CSc1ccc2ccccc2[n+]1Cc1ccccc1.[I-]. The second kappa shape index (κ2) is 7.09. The van der Waals surface area contributed by atoms with Crippen LogP contribution in [0.3, 0.4) is 0 Å². The molecule has 0 radical (unpaired) electrons. The van der Waals surface area contributed by atoms with E-state index in [2.05, 4.69) is 77.6 Å². The molecule has 0 saturated carbocycles. The molecule has 3 heteroatoms. The van der Waals surface area contributed by atoms with Gasteiger partial charge >= 0.3 is 0 Å². The maximum Gasteiger partial charge on any atom is 0.240 e. The van der Waals surface area contributed by atoms with Gasteiger partial charge in [-0.3, -0.25) is 0 Å². The first-order valence-corrected chi connectivity index (χ1v) is 7.60. The minimum atomic E-state index is 0. The van der Waals surface area contributed by atoms with E-state index in [1.165, 1.54) is 21.5 Å². The molecule has 1 heterocycles. The summed E-state index contributed by atoms with van der Waals surface area (Å²) in [7, 11) is 0. The molecule has 0 saturated heterocycles. The summed E-state index contributed by atoms with van der Waals surface area (Å²) in [6.07, 6.45) is 2.13. The van der Waals surface area contributed by atoms with E-state index in [1.54, 1.807) is 11.8 Å². The van der Waals surface area contributed by atoms with E-state index in [1.807, 2.05) is 0 Å². The fourth-order valence-corrected chi connectivity index (χ4v) is 2.94. The van der Waals surface area contributed by atoms with Gasteiger partial charge in [-0.1, -0.05) is 54.2 Å². The summed E-state index contributed by atoms with van der Waals surface area (Å²) in [5.41, 5.74) is 2.62. The third kappa shape index (κ3) is 3.15. The molecule has 0 atom stereocenters. The number of benzene rings is 2. The lowest BCUT2D eigenvalue weighted by Crippen LogP contribution is -3.00. The Morgan fingerprint density at radius 2 is 1.55 bits per heavy atom. The van der Waals surface area contributed by atoms with Gasteiger partial charge in [0.25, 0.3) is 0 Å². The second-order valence-electron chi connectivity index (χ2n) is 4.51. The summed E-state index contributed by atoms with van der Waals surface area (Å²) >= 11 is 1.79. The number of aromatic nitrogens is 1. The monoisotopic (exact) mass is 393 g/mol. The maximum atomic E-state index is 2.38. The summed E-state index contributed by atoms with van der Waals surface area (Å²) in [4.78, 5) is 0. The molecule has 0 spiro atoms. The summed E-state index contributed by atoms with van der Waals surface area (Å²) < 4.78 is 2.38. The smallest absolute Gasteiger partial charge is 0.240 e. The Labute approximate surface area is 141 Å². The van der Waals surface area contributed by atoms with E-state index in [0.29, 0.717) is 0 Å². The Morgan fingerprint density at radius 1 is 0.850 bits per heavy atom. The van der Waals surface area contributed by atoms with Crippen LogP contribution < -0.4 is 28.5 Å². The van der Waals surface area contributed by atoms with Gasteiger partial charge in [0.15, 0.2) is 6.54 Å². The zero-order chi connectivity index (χ0) is 13.1. The topological polar surface area (TPSA) is 3.88 Å². The van der Waals surface area contributed by atoms with E-state index in [0.717, 1.165) is 6.54 Å². The number of para-hydroxylation sites is 1. The molecule has 3 aromatic rings. The second-order valence-corrected chi connectivity index (χ2v) is 5.33. The standard InChI is InChI=1S/C17H16NS.HI/c1-19-17-12-11-15-9-5-6-10-16(15)18(17)13-14-7-3-2-4-8-14;/h2-12H,13H2,1H3;1H/q+1;/p-1. The Morgan fingerprint density at radius 3 is 2.30 bits per heavy atom. The minimum Gasteiger partial charge on any atom is -1.00 e. The molecule has 2 aromatic carbocycles. The molecule has 0 aliphatic rings. The van der Waals surface area contributed by atoms with Gasteiger partial charge in [-0.2, -0.15) is 4.57 Å². The zero-order valence-electron chi connectivity index (χ0n) is 11.3. The molecule has 0 amide bonds. The largest absolute Gasteiger partial charge is 1.00 e. The summed E-state index contributed by atoms with van der Waals surface area (Å²) in [6, 6.07) is 23.6. The number of hydrogen-bond acceptors (Lipinski definition) is 1. The van der Waals surface area contributed by atoms with Crippen LogP contribution in [0.2, 0.25) is 0 Å². The van der Waals surface area contributed by atoms with Crippen molar-refractivity contribution < 1.29 is 28.5 Å². The third-order valence-corrected chi connectivity index (χ3v) is 4.07. The molecule has 20 heavy (non-hydrogen) atoms. The van der Waals surface area contributed by atoms with Gasteiger partial charge in [-0.25, -0.2) is 0 Å². The third-order valence-electron chi connectivity index (χ3n) is 3.29. The average molecular weight is 393 g/mol. The van der Waals surface area contributed by atoms with Crippen LogP contribution in [0, 0.1) is 0 Å². The summed E-state index contributed by atoms with van der Waals surface area (Å²) in [5, 5.41) is 2.58. The van der Waals surface area contributed by atoms with E-state index in [9.17, 15) is 0 Å². The number of halogens is 1. The molecule has 0 aliphatic carbocycles. The molecule has 3 rings (SSSR count). The lowest BCUT2D eigenvalue weighted by molar-refractivity contribution is -0.699. The number of nitrogens with zero attached hydrogens (tertiary/aromatic N) is 1. The molecule has 102 valence electrons. The van der Waals surface area contributed by atoms with Crippen LogP contribution in [-0.4, -0.2) is 6.26 Å². The molecular formula is C17H16INS. The highest BCUT2D eigenvalue weighted by Gasteiger charge is 2.14. The van der Waals surface area contributed by atoms with Gasteiger partial charge in [0.2, 0.25) is 10.5 Å². The quantitative estimate of drug-likeness (QED) is 0.364. The van der Waals surface area contributed by atoms with Gasteiger partial charge in [-0.15, -0.1) is 0 Å². The van der Waals surface area contributed by atoms with Crippen molar-refractivity contribution in [2.75, 3.05) is 6.26 Å². The first-order valence-electron chi connectivity index (χ1n) is 6.38. The van der Waals surface area contributed by atoms with Gasteiger partial charge in [0.1, 0.15) is 0 Å². The molecule has 1 nitrogen and oxygen atoms in total. The molecule has 0 fully saturated rings. The predicted octanol–water partition coefficient (Wildman–Crippen LogP) is 0.901. The van der Waals surface area contributed by atoms with Gasteiger partial charge in [0.05, 0.1) is 0 Å². The van der Waals surface area contributed by atoms with Crippen molar-refractivity contribution in [1.29, 1.82) is 0 Å². The van der Waals surface area contributed by atoms with Crippen LogP contribution in [0.25, 0.3) is 10.9 Å². The van der Waals surface area contributed by atoms with Crippen molar-refractivity contribution in [1.82, 2.24) is 0 Å². The van der Waals surface area contributed by atoms with Crippen molar-refractivity contribution in [3.63, 3.8) is 0 Å².